The molecule has 1 aromatic carbocycles. The Labute approximate surface area is 170 Å². The first-order valence-electron chi connectivity index (χ1n) is 8.82. The predicted octanol–water partition coefficient (Wildman–Crippen LogP) is 4.44. The van der Waals surface area contributed by atoms with E-state index in [1.807, 2.05) is 13.8 Å². The number of aromatic nitrogens is 4. The highest BCUT2D eigenvalue weighted by molar-refractivity contribution is 8.00. The van der Waals surface area contributed by atoms with Gasteiger partial charge in [0.05, 0.1) is 0 Å². The lowest BCUT2D eigenvalue weighted by molar-refractivity contribution is -0.116. The number of nitrogens with zero attached hydrogens (tertiary/aromatic N) is 4. The van der Waals surface area contributed by atoms with E-state index in [0.717, 1.165) is 9.90 Å². The number of amides is 1. The van der Waals surface area contributed by atoms with Gasteiger partial charge in [0.15, 0.2) is 10.2 Å². The largest absolute Gasteiger partial charge is 0.339 e. The number of nitrogens with one attached hydrogen (secondary N) is 1. The van der Waals surface area contributed by atoms with Gasteiger partial charge in [-0.05, 0) is 24.1 Å². The number of benzene rings is 1. The molecule has 7 nitrogen and oxygen atoms in total. The standard InChI is InChI=1S/C18H20FN5O2S2/c1-11(2)16-21-15(26-24-16)5-3-4-14(25)20-17-22-23-18(28-17)27-10-12-6-8-13(19)9-7-12/h6-9,11H,3-5,10H2,1-2H3,(H,20,22,25). The number of rotatable bonds is 9. The summed E-state index contributed by atoms with van der Waals surface area (Å²) < 4.78 is 18.8. The molecule has 0 atom stereocenters. The zero-order valence-electron chi connectivity index (χ0n) is 15.5. The van der Waals surface area contributed by atoms with Gasteiger partial charge >= 0.3 is 0 Å². The molecule has 148 valence electrons. The van der Waals surface area contributed by atoms with Gasteiger partial charge in [-0.2, -0.15) is 4.98 Å². The second kappa shape index (κ2) is 9.74. The van der Waals surface area contributed by atoms with Crippen LogP contribution >= 0.6 is 23.1 Å². The van der Waals surface area contributed by atoms with Gasteiger partial charge in [0.1, 0.15) is 5.82 Å². The average Bonchev–Trinajstić information content (AvgIpc) is 3.31. The summed E-state index contributed by atoms with van der Waals surface area (Å²) in [5.74, 6) is 1.72. The third-order valence-corrected chi connectivity index (χ3v) is 5.77. The lowest BCUT2D eigenvalue weighted by Crippen LogP contribution is -2.11. The van der Waals surface area contributed by atoms with E-state index in [0.29, 0.717) is 41.9 Å². The minimum absolute atomic E-state index is 0.130. The number of hydrogen-bond donors (Lipinski definition) is 1. The lowest BCUT2D eigenvalue weighted by Gasteiger charge is -1.99. The van der Waals surface area contributed by atoms with Crippen molar-refractivity contribution in [3.05, 3.63) is 47.4 Å². The molecule has 3 rings (SSSR count). The first kappa shape index (κ1) is 20.4. The maximum atomic E-state index is 12.9. The summed E-state index contributed by atoms with van der Waals surface area (Å²) in [7, 11) is 0. The van der Waals surface area contributed by atoms with Crippen LogP contribution in [-0.4, -0.2) is 26.2 Å². The fourth-order valence-electron chi connectivity index (χ4n) is 2.23. The topological polar surface area (TPSA) is 93.8 Å². The Morgan fingerprint density at radius 2 is 2.07 bits per heavy atom. The van der Waals surface area contributed by atoms with E-state index in [9.17, 15) is 9.18 Å². The normalized spacial score (nSPS) is 11.1. The smallest absolute Gasteiger partial charge is 0.226 e. The number of carbonyl (C=O) groups is 1. The second-order valence-corrected chi connectivity index (χ2v) is 8.59. The molecule has 0 unspecified atom stereocenters. The molecule has 10 heteroatoms. The Morgan fingerprint density at radius 3 is 2.79 bits per heavy atom. The molecule has 1 amide bonds. The second-order valence-electron chi connectivity index (χ2n) is 6.39. The average molecular weight is 422 g/mol. The highest BCUT2D eigenvalue weighted by Gasteiger charge is 2.12. The van der Waals surface area contributed by atoms with Crippen molar-refractivity contribution in [3.63, 3.8) is 0 Å². The summed E-state index contributed by atoms with van der Waals surface area (Å²) in [5.41, 5.74) is 0.994. The summed E-state index contributed by atoms with van der Waals surface area (Å²) in [4.78, 5) is 16.3. The van der Waals surface area contributed by atoms with Crippen LogP contribution in [0.2, 0.25) is 0 Å². The van der Waals surface area contributed by atoms with Gasteiger partial charge < -0.3 is 9.84 Å². The van der Waals surface area contributed by atoms with Gasteiger partial charge in [-0.3, -0.25) is 4.79 Å². The van der Waals surface area contributed by atoms with E-state index in [1.165, 1.54) is 35.2 Å². The zero-order valence-corrected chi connectivity index (χ0v) is 17.1. The van der Waals surface area contributed by atoms with E-state index in [-0.39, 0.29) is 17.6 Å². The van der Waals surface area contributed by atoms with E-state index in [4.69, 9.17) is 4.52 Å². The number of carbonyl (C=O) groups excluding carboxylic acids is 1. The Hall–Kier alpha value is -2.33. The summed E-state index contributed by atoms with van der Waals surface area (Å²) in [6.07, 6.45) is 1.50. The molecule has 28 heavy (non-hydrogen) atoms. The molecule has 0 saturated heterocycles. The van der Waals surface area contributed by atoms with Crippen LogP contribution in [0.25, 0.3) is 0 Å². The third-order valence-electron chi connectivity index (χ3n) is 3.72. The Morgan fingerprint density at radius 1 is 1.29 bits per heavy atom. The van der Waals surface area contributed by atoms with Crippen molar-refractivity contribution in [2.24, 2.45) is 0 Å². The van der Waals surface area contributed by atoms with E-state index in [2.05, 4.69) is 25.7 Å². The quantitative estimate of drug-likeness (QED) is 0.403. The monoisotopic (exact) mass is 421 g/mol. The van der Waals surface area contributed by atoms with Crippen molar-refractivity contribution in [1.82, 2.24) is 20.3 Å². The van der Waals surface area contributed by atoms with Crippen LogP contribution in [0.3, 0.4) is 0 Å². The van der Waals surface area contributed by atoms with Gasteiger partial charge in [0.2, 0.25) is 16.9 Å². The Balaban J connectivity index is 1.40. The first-order chi connectivity index (χ1) is 13.5. The van der Waals surface area contributed by atoms with Gasteiger partial charge in [-0.25, -0.2) is 4.39 Å². The fraction of sp³-hybridized carbons (Fsp3) is 0.389. The molecule has 0 saturated carbocycles. The highest BCUT2D eigenvalue weighted by atomic mass is 32.2. The number of anilines is 1. The number of hydrogen-bond acceptors (Lipinski definition) is 8. The molecule has 0 fully saturated rings. The van der Waals surface area contributed by atoms with Gasteiger partial charge in [-0.15, -0.1) is 10.2 Å². The van der Waals surface area contributed by atoms with Crippen molar-refractivity contribution in [1.29, 1.82) is 0 Å². The van der Waals surface area contributed by atoms with E-state index >= 15 is 0 Å². The van der Waals surface area contributed by atoms with E-state index < -0.39 is 0 Å². The van der Waals surface area contributed by atoms with Crippen LogP contribution in [0.1, 0.15) is 49.9 Å². The molecule has 0 aliphatic heterocycles. The van der Waals surface area contributed by atoms with Gasteiger partial charge in [0.25, 0.3) is 0 Å². The van der Waals surface area contributed by atoms with Crippen LogP contribution in [-0.2, 0) is 17.0 Å². The van der Waals surface area contributed by atoms with Crippen molar-refractivity contribution in [2.45, 2.75) is 49.1 Å². The van der Waals surface area contributed by atoms with Crippen molar-refractivity contribution >= 4 is 34.1 Å². The molecule has 0 aliphatic carbocycles. The minimum Gasteiger partial charge on any atom is -0.339 e. The van der Waals surface area contributed by atoms with Gasteiger partial charge in [0, 0.05) is 24.5 Å². The SMILES string of the molecule is CC(C)c1noc(CCCC(=O)Nc2nnc(SCc3ccc(F)cc3)s2)n1. The first-order valence-corrected chi connectivity index (χ1v) is 10.6. The van der Waals surface area contributed by atoms with Gasteiger partial charge in [-0.1, -0.05) is 54.2 Å². The zero-order chi connectivity index (χ0) is 19.9. The maximum Gasteiger partial charge on any atom is 0.226 e. The number of halogens is 1. The number of thioether (sulfide) groups is 1. The molecule has 2 heterocycles. The van der Waals surface area contributed by atoms with Crippen LogP contribution in [0.4, 0.5) is 9.52 Å². The molecule has 1 N–H and O–H groups in total. The molecular weight excluding hydrogens is 401 g/mol. The molecule has 2 aromatic heterocycles. The Kier molecular flexibility index (Phi) is 7.10. The minimum atomic E-state index is -0.255. The molecular formula is C18H20FN5O2S2. The maximum absolute atomic E-state index is 12.9. The molecule has 0 bridgehead atoms. The Bertz CT molecular complexity index is 911. The van der Waals surface area contributed by atoms with Crippen molar-refractivity contribution in [3.8, 4) is 0 Å². The molecule has 0 spiro atoms. The summed E-state index contributed by atoms with van der Waals surface area (Å²) in [5, 5.41) is 15.2. The third kappa shape index (κ3) is 6.10. The van der Waals surface area contributed by atoms with Crippen molar-refractivity contribution < 1.29 is 13.7 Å². The van der Waals surface area contributed by atoms with Crippen LogP contribution < -0.4 is 5.32 Å². The fourth-order valence-corrected chi connectivity index (χ4v) is 3.95. The van der Waals surface area contributed by atoms with Crippen LogP contribution in [0, 0.1) is 5.82 Å². The van der Waals surface area contributed by atoms with Crippen LogP contribution in [0.15, 0.2) is 33.1 Å². The lowest BCUT2D eigenvalue weighted by atomic mass is 10.2. The molecule has 0 radical (unpaired) electrons. The summed E-state index contributed by atoms with van der Waals surface area (Å²) in [6, 6.07) is 6.33. The summed E-state index contributed by atoms with van der Waals surface area (Å²) >= 11 is 2.80. The summed E-state index contributed by atoms with van der Waals surface area (Å²) in [6.45, 7) is 3.99. The van der Waals surface area contributed by atoms with Crippen LogP contribution in [0.5, 0.6) is 0 Å². The number of aryl methyl sites for hydroxylation is 1. The van der Waals surface area contributed by atoms with E-state index in [1.54, 1.807) is 12.1 Å². The molecule has 0 aliphatic rings. The highest BCUT2D eigenvalue weighted by Crippen LogP contribution is 2.28. The predicted molar refractivity (Wildman–Crippen MR) is 106 cm³/mol. The van der Waals surface area contributed by atoms with Crippen molar-refractivity contribution in [2.75, 3.05) is 5.32 Å². The molecule has 3 aromatic rings.